The Hall–Kier alpha value is -1.18. The predicted octanol–water partition coefficient (Wildman–Crippen LogP) is 3.56. The summed E-state index contributed by atoms with van der Waals surface area (Å²) in [5, 5.41) is 33.4. The van der Waals surface area contributed by atoms with Gasteiger partial charge < -0.3 is 25.2 Å². The van der Waals surface area contributed by atoms with Gasteiger partial charge in [0.1, 0.15) is 0 Å². The molecular weight excluding hydrogens is 352 g/mol. The molecule has 0 aliphatic heterocycles. The third-order valence-corrected chi connectivity index (χ3v) is 3.72. The Labute approximate surface area is 164 Å². The Morgan fingerprint density at radius 2 is 0.926 bits per heavy atom. The minimum absolute atomic E-state index is 0.0278. The quantitative estimate of drug-likeness (QED) is 0.332. The highest BCUT2D eigenvalue weighted by molar-refractivity contribution is 5.70. The van der Waals surface area contributed by atoms with Gasteiger partial charge in [-0.3, -0.25) is 9.59 Å². The lowest BCUT2D eigenvalue weighted by atomic mass is 9.99. The molecule has 0 saturated heterocycles. The highest BCUT2D eigenvalue weighted by Crippen LogP contribution is 2.13. The number of ether oxygens (including phenoxy) is 1. The van der Waals surface area contributed by atoms with Crippen molar-refractivity contribution in [3.05, 3.63) is 0 Å². The van der Waals surface area contributed by atoms with Gasteiger partial charge in [-0.1, -0.05) is 53.4 Å². The largest absolute Gasteiger partial charge is 0.481 e. The zero-order valence-electron chi connectivity index (χ0n) is 17.7. The number of aliphatic hydroxyl groups excluding tert-OH is 2. The van der Waals surface area contributed by atoms with Gasteiger partial charge in [0.25, 0.3) is 0 Å². The van der Waals surface area contributed by atoms with Gasteiger partial charge in [-0.05, 0) is 25.7 Å². The van der Waals surface area contributed by atoms with Gasteiger partial charge in [0.15, 0.2) is 0 Å². The molecule has 0 aromatic carbocycles. The molecule has 0 aliphatic rings. The van der Waals surface area contributed by atoms with Gasteiger partial charge in [-0.15, -0.1) is 0 Å². The van der Waals surface area contributed by atoms with E-state index >= 15 is 0 Å². The Morgan fingerprint density at radius 1 is 0.667 bits per heavy atom. The molecule has 0 aromatic heterocycles. The van der Waals surface area contributed by atoms with Gasteiger partial charge in [0.05, 0.1) is 38.3 Å². The molecule has 0 rings (SSSR count). The molecule has 0 heterocycles. The molecule has 164 valence electrons. The highest BCUT2D eigenvalue weighted by atomic mass is 16.5. The summed E-state index contributed by atoms with van der Waals surface area (Å²) in [5.41, 5.74) is 0. The maximum atomic E-state index is 10.5. The van der Waals surface area contributed by atoms with Crippen LogP contribution < -0.4 is 0 Å². The van der Waals surface area contributed by atoms with E-state index in [9.17, 15) is 9.59 Å². The summed E-state index contributed by atoms with van der Waals surface area (Å²) in [6.45, 7) is 8.77. The van der Waals surface area contributed by atoms with Gasteiger partial charge in [0.2, 0.25) is 0 Å². The number of carbonyl (C=O) groups is 2. The van der Waals surface area contributed by atoms with Crippen LogP contribution in [0.4, 0.5) is 0 Å². The third kappa shape index (κ3) is 24.8. The number of hydrogen-bond donors (Lipinski definition) is 4. The first-order chi connectivity index (χ1) is 12.9. The standard InChI is InChI=1S/2C8H16O2.C4H10O3/c2*1-3-5-7(6-4-2)8(9)10;5-1-3-7-4-2-6/h2*7H,3-6H2,1-2H3,(H,9,10);5-6H,1-4H2. The maximum absolute atomic E-state index is 10.5. The SMILES string of the molecule is CCCC(CCC)C(=O)O.CCCC(CCC)C(=O)O.OCCOCCO. The van der Waals surface area contributed by atoms with Crippen LogP contribution in [0.2, 0.25) is 0 Å². The molecule has 0 aliphatic carbocycles. The average molecular weight is 395 g/mol. The van der Waals surface area contributed by atoms with Gasteiger partial charge in [-0.25, -0.2) is 0 Å². The summed E-state index contributed by atoms with van der Waals surface area (Å²) < 4.78 is 4.63. The van der Waals surface area contributed by atoms with E-state index in [2.05, 4.69) is 4.74 Å². The molecule has 0 radical (unpaired) electrons. The van der Waals surface area contributed by atoms with Gasteiger partial charge in [-0.2, -0.15) is 0 Å². The van der Waals surface area contributed by atoms with Gasteiger partial charge in [0, 0.05) is 0 Å². The first-order valence-corrected chi connectivity index (χ1v) is 10.1. The van der Waals surface area contributed by atoms with Crippen LogP contribution in [-0.2, 0) is 14.3 Å². The zero-order chi connectivity index (χ0) is 21.5. The Morgan fingerprint density at radius 3 is 1.07 bits per heavy atom. The lowest BCUT2D eigenvalue weighted by Crippen LogP contribution is -2.12. The molecule has 0 saturated carbocycles. The van der Waals surface area contributed by atoms with Crippen LogP contribution in [0.25, 0.3) is 0 Å². The molecule has 0 spiro atoms. The average Bonchev–Trinajstić information content (AvgIpc) is 2.63. The van der Waals surface area contributed by atoms with Crippen LogP contribution in [0.15, 0.2) is 0 Å². The summed E-state index contributed by atoms with van der Waals surface area (Å²) >= 11 is 0. The Balaban J connectivity index is -0.000000326. The molecule has 0 unspecified atom stereocenters. The normalized spacial score (nSPS) is 10.1. The van der Waals surface area contributed by atoms with Crippen molar-refractivity contribution in [3.8, 4) is 0 Å². The molecule has 0 atom stereocenters. The first-order valence-electron chi connectivity index (χ1n) is 10.1. The van der Waals surface area contributed by atoms with Crippen LogP contribution in [0, 0.1) is 11.8 Å². The lowest BCUT2D eigenvalue weighted by molar-refractivity contribution is -0.143. The highest BCUT2D eigenvalue weighted by Gasteiger charge is 2.14. The van der Waals surface area contributed by atoms with Crippen molar-refractivity contribution in [1.82, 2.24) is 0 Å². The molecule has 4 N–H and O–H groups in total. The fourth-order valence-corrected chi connectivity index (χ4v) is 2.41. The summed E-state index contributed by atoms with van der Waals surface area (Å²) in [5.74, 6) is -1.47. The molecule has 7 heteroatoms. The van der Waals surface area contributed by atoms with E-state index in [-0.39, 0.29) is 25.0 Å². The molecule has 0 fully saturated rings. The van der Waals surface area contributed by atoms with E-state index in [1.165, 1.54) is 0 Å². The maximum Gasteiger partial charge on any atom is 0.306 e. The number of rotatable bonds is 14. The Bertz CT molecular complexity index is 279. The minimum atomic E-state index is -0.635. The number of carboxylic acids is 2. The third-order valence-electron chi connectivity index (χ3n) is 3.72. The summed E-state index contributed by atoms with van der Waals surface area (Å²) in [4.78, 5) is 21.0. The molecule has 0 bridgehead atoms. The van der Waals surface area contributed by atoms with E-state index in [0.717, 1.165) is 51.4 Å². The second-order valence-corrected chi connectivity index (χ2v) is 6.28. The molecule has 0 amide bonds. The predicted molar refractivity (Wildman–Crippen MR) is 107 cm³/mol. The number of aliphatic carboxylic acids is 2. The van der Waals surface area contributed by atoms with Crippen molar-refractivity contribution in [3.63, 3.8) is 0 Å². The molecule has 27 heavy (non-hydrogen) atoms. The fourth-order valence-electron chi connectivity index (χ4n) is 2.41. The van der Waals surface area contributed by atoms with Crippen molar-refractivity contribution in [2.75, 3.05) is 26.4 Å². The number of aliphatic hydroxyl groups is 2. The van der Waals surface area contributed by atoms with Crippen molar-refractivity contribution >= 4 is 11.9 Å². The monoisotopic (exact) mass is 394 g/mol. The van der Waals surface area contributed by atoms with E-state index in [1.54, 1.807) is 0 Å². The topological polar surface area (TPSA) is 124 Å². The molecule has 0 aromatic rings. The van der Waals surface area contributed by atoms with Crippen LogP contribution in [0.1, 0.15) is 79.1 Å². The zero-order valence-corrected chi connectivity index (χ0v) is 17.7. The summed E-state index contributed by atoms with van der Waals surface area (Å²) in [6, 6.07) is 0. The van der Waals surface area contributed by atoms with E-state index < -0.39 is 11.9 Å². The summed E-state index contributed by atoms with van der Waals surface area (Å²) in [7, 11) is 0. The number of carboxylic acid groups (broad SMARTS) is 2. The fraction of sp³-hybridized carbons (Fsp3) is 0.900. The van der Waals surface area contributed by atoms with Crippen molar-refractivity contribution in [1.29, 1.82) is 0 Å². The van der Waals surface area contributed by atoms with Crippen molar-refractivity contribution < 1.29 is 34.8 Å². The Kier molecular flexibility index (Phi) is 28.1. The van der Waals surface area contributed by atoms with Crippen molar-refractivity contribution in [2.24, 2.45) is 11.8 Å². The summed E-state index contributed by atoms with van der Waals surface area (Å²) in [6.07, 6.45) is 7.17. The van der Waals surface area contributed by atoms with E-state index in [0.29, 0.717) is 13.2 Å². The van der Waals surface area contributed by atoms with Crippen LogP contribution in [-0.4, -0.2) is 58.8 Å². The first kappa shape index (κ1) is 30.5. The molecular formula is C20H42O7. The minimum Gasteiger partial charge on any atom is -0.481 e. The van der Waals surface area contributed by atoms with Crippen LogP contribution >= 0.6 is 0 Å². The van der Waals surface area contributed by atoms with Crippen LogP contribution in [0.3, 0.4) is 0 Å². The second kappa shape index (κ2) is 24.8. The van der Waals surface area contributed by atoms with Crippen molar-refractivity contribution in [2.45, 2.75) is 79.1 Å². The molecule has 7 nitrogen and oxygen atoms in total. The number of hydrogen-bond acceptors (Lipinski definition) is 5. The van der Waals surface area contributed by atoms with E-state index in [4.69, 9.17) is 20.4 Å². The van der Waals surface area contributed by atoms with E-state index in [1.807, 2.05) is 27.7 Å². The van der Waals surface area contributed by atoms with Crippen LogP contribution in [0.5, 0.6) is 0 Å². The smallest absolute Gasteiger partial charge is 0.306 e. The second-order valence-electron chi connectivity index (χ2n) is 6.28. The van der Waals surface area contributed by atoms with Gasteiger partial charge >= 0.3 is 11.9 Å². The lowest BCUT2D eigenvalue weighted by Gasteiger charge is -2.07.